The minimum absolute atomic E-state index is 0.0242. The van der Waals surface area contributed by atoms with E-state index in [-0.39, 0.29) is 25.5 Å². The van der Waals surface area contributed by atoms with Gasteiger partial charge < -0.3 is 14.5 Å². The molecule has 0 aliphatic carbocycles. The molecule has 8 heteroatoms. The van der Waals surface area contributed by atoms with Crippen LogP contribution in [-0.2, 0) is 26.6 Å². The number of aromatic nitrogens is 1. The van der Waals surface area contributed by atoms with Crippen molar-refractivity contribution in [3.8, 4) is 0 Å². The van der Waals surface area contributed by atoms with Crippen LogP contribution in [0.1, 0.15) is 12.0 Å². The molecule has 1 N–H and O–H groups in total. The molecule has 2 aromatic carbocycles. The van der Waals surface area contributed by atoms with E-state index in [1.54, 1.807) is 36.0 Å². The van der Waals surface area contributed by atoms with Crippen LogP contribution in [-0.4, -0.2) is 35.3 Å². The monoisotopic (exact) mass is 414 g/mol. The minimum atomic E-state index is -0.546. The predicted octanol–water partition coefficient (Wildman–Crippen LogP) is 2.58. The van der Waals surface area contributed by atoms with Crippen molar-refractivity contribution in [2.45, 2.75) is 18.7 Å². The average molecular weight is 414 g/mol. The molecule has 7 nitrogen and oxygen atoms in total. The molecule has 29 heavy (non-hydrogen) atoms. The number of esters is 1. The molecule has 0 aliphatic rings. The van der Waals surface area contributed by atoms with Crippen molar-refractivity contribution in [2.24, 2.45) is 0 Å². The molecule has 0 saturated carbocycles. The van der Waals surface area contributed by atoms with Gasteiger partial charge in [-0.1, -0.05) is 42.5 Å². The molecule has 3 aromatic rings. The van der Waals surface area contributed by atoms with Gasteiger partial charge in [-0.3, -0.25) is 14.2 Å². The summed E-state index contributed by atoms with van der Waals surface area (Å²) in [6.45, 7) is 0.305. The number of para-hydroxylation sites is 2. The van der Waals surface area contributed by atoms with Crippen LogP contribution in [0.15, 0.2) is 63.8 Å². The number of hydrogen-bond acceptors (Lipinski definition) is 6. The largest absolute Gasteiger partial charge is 0.456 e. The molecule has 3 rings (SSSR count). The first-order valence-electron chi connectivity index (χ1n) is 9.26. The third-order valence-corrected chi connectivity index (χ3v) is 5.19. The lowest BCUT2D eigenvalue weighted by molar-refractivity contribution is -0.148. The molecular weight excluding hydrogens is 392 g/mol. The van der Waals surface area contributed by atoms with Crippen LogP contribution in [0, 0.1) is 0 Å². The lowest BCUT2D eigenvalue weighted by Gasteiger charge is -2.07. The van der Waals surface area contributed by atoms with Crippen molar-refractivity contribution < 1.29 is 18.7 Å². The summed E-state index contributed by atoms with van der Waals surface area (Å²) in [7, 11) is 0. The number of nitrogens with zero attached hydrogens (tertiary/aromatic N) is 1. The van der Waals surface area contributed by atoms with E-state index in [1.165, 1.54) is 10.1 Å². The standard InChI is InChI=1S/C21H22N2O5S/c24-19(22-11-13-29-15-16-6-2-1-3-7-16)14-27-20(25)10-12-23-17-8-4-5-9-18(17)28-21(23)26/h1-9H,10-15H2,(H,22,24). The number of aryl methyl sites for hydroxylation is 1. The first-order chi connectivity index (χ1) is 14.1. The van der Waals surface area contributed by atoms with Gasteiger partial charge in [-0.2, -0.15) is 11.8 Å². The molecule has 0 spiro atoms. The Morgan fingerprint density at radius 3 is 2.66 bits per heavy atom. The number of thioether (sulfide) groups is 1. The molecule has 0 radical (unpaired) electrons. The molecule has 0 fully saturated rings. The third-order valence-electron chi connectivity index (χ3n) is 4.16. The fourth-order valence-electron chi connectivity index (χ4n) is 2.72. The number of ether oxygens (including phenoxy) is 1. The van der Waals surface area contributed by atoms with E-state index in [0.29, 0.717) is 17.6 Å². The second-order valence-corrected chi connectivity index (χ2v) is 7.39. The van der Waals surface area contributed by atoms with E-state index in [4.69, 9.17) is 9.15 Å². The van der Waals surface area contributed by atoms with E-state index in [1.807, 2.05) is 18.2 Å². The van der Waals surface area contributed by atoms with E-state index in [2.05, 4.69) is 17.4 Å². The number of benzene rings is 2. The Hall–Kier alpha value is -3.00. The molecular formula is C21H22N2O5S. The van der Waals surface area contributed by atoms with Crippen molar-refractivity contribution in [2.75, 3.05) is 18.9 Å². The van der Waals surface area contributed by atoms with Crippen LogP contribution in [0.25, 0.3) is 11.1 Å². The summed E-state index contributed by atoms with van der Waals surface area (Å²) >= 11 is 1.72. The van der Waals surface area contributed by atoms with Gasteiger partial charge >= 0.3 is 11.7 Å². The van der Waals surface area contributed by atoms with E-state index < -0.39 is 11.7 Å². The number of fused-ring (bicyclic) bond motifs is 1. The zero-order chi connectivity index (χ0) is 20.5. The van der Waals surface area contributed by atoms with Gasteiger partial charge in [0.1, 0.15) is 0 Å². The highest BCUT2D eigenvalue weighted by Gasteiger charge is 2.12. The second-order valence-electron chi connectivity index (χ2n) is 6.29. The van der Waals surface area contributed by atoms with Crippen molar-refractivity contribution in [3.05, 3.63) is 70.7 Å². The summed E-state index contributed by atoms with van der Waals surface area (Å²) in [5, 5.41) is 2.72. The molecule has 0 aliphatic heterocycles. The number of oxazole rings is 1. The summed E-state index contributed by atoms with van der Waals surface area (Å²) in [6.07, 6.45) is -0.0242. The molecule has 0 unspecified atom stereocenters. The van der Waals surface area contributed by atoms with Crippen molar-refractivity contribution in [1.29, 1.82) is 0 Å². The van der Waals surface area contributed by atoms with Gasteiger partial charge in [0.05, 0.1) is 11.9 Å². The van der Waals surface area contributed by atoms with Gasteiger partial charge in [0.2, 0.25) is 0 Å². The topological polar surface area (TPSA) is 90.5 Å². The molecule has 1 amide bonds. The predicted molar refractivity (Wildman–Crippen MR) is 112 cm³/mol. The first-order valence-corrected chi connectivity index (χ1v) is 10.4. The number of nitrogens with one attached hydrogen (secondary N) is 1. The highest BCUT2D eigenvalue weighted by Crippen LogP contribution is 2.12. The van der Waals surface area contributed by atoms with Crippen molar-refractivity contribution in [3.63, 3.8) is 0 Å². The molecule has 0 bridgehead atoms. The summed E-state index contributed by atoms with van der Waals surface area (Å²) in [6, 6.07) is 17.1. The summed E-state index contributed by atoms with van der Waals surface area (Å²) in [5.74, 6) is 0.240. The fraction of sp³-hybridized carbons (Fsp3) is 0.286. The lowest BCUT2D eigenvalue weighted by atomic mass is 10.2. The molecule has 1 aromatic heterocycles. The maximum Gasteiger partial charge on any atom is 0.419 e. The zero-order valence-electron chi connectivity index (χ0n) is 15.8. The van der Waals surface area contributed by atoms with E-state index in [9.17, 15) is 14.4 Å². The summed E-state index contributed by atoms with van der Waals surface area (Å²) < 4.78 is 11.5. The highest BCUT2D eigenvalue weighted by molar-refractivity contribution is 7.98. The number of rotatable bonds is 10. The summed E-state index contributed by atoms with van der Waals surface area (Å²) in [4.78, 5) is 35.5. The summed E-state index contributed by atoms with van der Waals surface area (Å²) in [5.41, 5.74) is 2.33. The SMILES string of the molecule is O=C(COC(=O)CCn1c(=O)oc2ccccc21)NCCSCc1ccccc1. The van der Waals surface area contributed by atoms with Crippen LogP contribution in [0.5, 0.6) is 0 Å². The number of hydrogen-bond donors (Lipinski definition) is 1. The van der Waals surface area contributed by atoms with Gasteiger partial charge in [-0.15, -0.1) is 0 Å². The number of carbonyl (C=O) groups excluding carboxylic acids is 2. The maximum atomic E-state index is 11.9. The third kappa shape index (κ3) is 6.25. The first kappa shape index (κ1) is 20.7. The average Bonchev–Trinajstić information content (AvgIpc) is 3.06. The van der Waals surface area contributed by atoms with E-state index >= 15 is 0 Å². The van der Waals surface area contributed by atoms with Crippen LogP contribution in [0.3, 0.4) is 0 Å². The number of amides is 1. The molecule has 0 atom stereocenters. The highest BCUT2D eigenvalue weighted by atomic mass is 32.2. The second kappa shape index (κ2) is 10.5. The Kier molecular flexibility index (Phi) is 7.52. The zero-order valence-corrected chi connectivity index (χ0v) is 16.7. The van der Waals surface area contributed by atoms with Crippen LogP contribution >= 0.6 is 11.8 Å². The quantitative estimate of drug-likeness (QED) is 0.405. The smallest absolute Gasteiger partial charge is 0.419 e. The molecule has 1 heterocycles. The van der Waals surface area contributed by atoms with E-state index in [0.717, 1.165) is 11.5 Å². The van der Waals surface area contributed by atoms with Crippen LogP contribution < -0.4 is 11.1 Å². The van der Waals surface area contributed by atoms with Gasteiger partial charge in [-0.05, 0) is 17.7 Å². The number of carbonyl (C=O) groups is 2. The fourth-order valence-corrected chi connectivity index (χ4v) is 3.54. The van der Waals surface area contributed by atoms with Gasteiger partial charge in [-0.25, -0.2) is 4.79 Å². The van der Waals surface area contributed by atoms with Crippen molar-refractivity contribution in [1.82, 2.24) is 9.88 Å². The van der Waals surface area contributed by atoms with Crippen molar-refractivity contribution >= 4 is 34.7 Å². The minimum Gasteiger partial charge on any atom is -0.456 e. The molecule has 0 saturated heterocycles. The van der Waals surface area contributed by atoms with Gasteiger partial charge in [0.15, 0.2) is 12.2 Å². The Morgan fingerprint density at radius 2 is 1.83 bits per heavy atom. The van der Waals surface area contributed by atoms with Crippen LogP contribution in [0.4, 0.5) is 0 Å². The Bertz CT molecular complexity index is 1010. The van der Waals surface area contributed by atoms with Crippen LogP contribution in [0.2, 0.25) is 0 Å². The Balaban J connectivity index is 1.31. The molecule has 152 valence electrons. The Morgan fingerprint density at radius 1 is 1.07 bits per heavy atom. The maximum absolute atomic E-state index is 11.9. The lowest BCUT2D eigenvalue weighted by Crippen LogP contribution is -2.30. The Labute approximate surface area is 172 Å². The van der Waals surface area contributed by atoms with Gasteiger partial charge in [0, 0.05) is 24.6 Å². The normalized spacial score (nSPS) is 10.8. The van der Waals surface area contributed by atoms with Gasteiger partial charge in [0.25, 0.3) is 5.91 Å².